The second kappa shape index (κ2) is 6.06. The van der Waals surface area contributed by atoms with Crippen molar-refractivity contribution in [3.05, 3.63) is 71.0 Å². The van der Waals surface area contributed by atoms with Gasteiger partial charge in [0.05, 0.1) is 5.54 Å². The molecule has 21 heavy (non-hydrogen) atoms. The van der Waals surface area contributed by atoms with E-state index in [-0.39, 0.29) is 11.7 Å². The molecule has 0 fully saturated rings. The third-order valence-corrected chi connectivity index (χ3v) is 3.44. The molecule has 0 aliphatic rings. The summed E-state index contributed by atoms with van der Waals surface area (Å²) in [5, 5.41) is 2.95. The van der Waals surface area contributed by atoms with Crippen molar-refractivity contribution in [1.29, 1.82) is 0 Å². The van der Waals surface area contributed by atoms with Gasteiger partial charge in [0.2, 0.25) is 0 Å². The Balaban J connectivity index is 2.14. The zero-order valence-electron chi connectivity index (χ0n) is 12.2. The van der Waals surface area contributed by atoms with Crippen molar-refractivity contribution in [2.45, 2.75) is 25.9 Å². The first-order chi connectivity index (χ1) is 9.92. The molecule has 3 nitrogen and oxygen atoms in total. The van der Waals surface area contributed by atoms with Crippen molar-refractivity contribution in [2.24, 2.45) is 5.73 Å². The summed E-state index contributed by atoms with van der Waals surface area (Å²) < 4.78 is 13.0. The minimum absolute atomic E-state index is 0.173. The summed E-state index contributed by atoms with van der Waals surface area (Å²) in [4.78, 5) is 12.3. The van der Waals surface area contributed by atoms with E-state index in [4.69, 9.17) is 5.73 Å². The summed E-state index contributed by atoms with van der Waals surface area (Å²) in [6.45, 7) is 4.21. The smallest absolute Gasteiger partial charge is 0.251 e. The SMILES string of the molecule is CC(C)(NC(=O)c1ccc(CN)cc1)c1ccc(F)cc1. The van der Waals surface area contributed by atoms with Crippen LogP contribution in [0, 0.1) is 5.82 Å². The molecule has 110 valence electrons. The lowest BCUT2D eigenvalue weighted by atomic mass is 9.93. The van der Waals surface area contributed by atoms with E-state index in [1.54, 1.807) is 24.3 Å². The first-order valence-electron chi connectivity index (χ1n) is 6.80. The Hall–Kier alpha value is -2.20. The normalized spacial score (nSPS) is 11.2. The lowest BCUT2D eigenvalue weighted by Gasteiger charge is -2.27. The summed E-state index contributed by atoms with van der Waals surface area (Å²) in [6, 6.07) is 13.3. The Bertz CT molecular complexity index is 618. The van der Waals surface area contributed by atoms with E-state index >= 15 is 0 Å². The number of nitrogens with two attached hydrogens (primary N) is 1. The number of hydrogen-bond acceptors (Lipinski definition) is 2. The van der Waals surface area contributed by atoms with Crippen LogP contribution in [0.25, 0.3) is 0 Å². The number of nitrogens with one attached hydrogen (secondary N) is 1. The average Bonchev–Trinajstić information content (AvgIpc) is 2.47. The number of hydrogen-bond donors (Lipinski definition) is 2. The standard InChI is InChI=1S/C17H19FN2O/c1-17(2,14-7-9-15(18)10-8-14)20-16(21)13-5-3-12(11-19)4-6-13/h3-10H,11,19H2,1-2H3,(H,20,21). The van der Waals surface area contributed by atoms with Gasteiger partial charge in [0.15, 0.2) is 0 Å². The fourth-order valence-corrected chi connectivity index (χ4v) is 2.09. The molecule has 0 saturated carbocycles. The number of rotatable bonds is 4. The first-order valence-corrected chi connectivity index (χ1v) is 6.80. The zero-order valence-corrected chi connectivity index (χ0v) is 12.2. The molecule has 0 aromatic heterocycles. The molecule has 0 bridgehead atoms. The van der Waals surface area contributed by atoms with Crippen molar-refractivity contribution < 1.29 is 9.18 Å². The van der Waals surface area contributed by atoms with Gasteiger partial charge in [-0.3, -0.25) is 4.79 Å². The fourth-order valence-electron chi connectivity index (χ4n) is 2.09. The Morgan fingerprint density at radius 1 is 1.10 bits per heavy atom. The van der Waals surface area contributed by atoms with Crippen molar-refractivity contribution in [1.82, 2.24) is 5.32 Å². The van der Waals surface area contributed by atoms with Crippen LogP contribution in [0.5, 0.6) is 0 Å². The van der Waals surface area contributed by atoms with Crippen LogP contribution in [0.15, 0.2) is 48.5 Å². The highest BCUT2D eigenvalue weighted by atomic mass is 19.1. The van der Waals surface area contributed by atoms with Crippen LogP contribution < -0.4 is 11.1 Å². The second-order valence-electron chi connectivity index (χ2n) is 5.49. The van der Waals surface area contributed by atoms with E-state index in [1.165, 1.54) is 12.1 Å². The van der Waals surface area contributed by atoms with Crippen molar-refractivity contribution in [2.75, 3.05) is 0 Å². The van der Waals surface area contributed by atoms with Crippen molar-refractivity contribution >= 4 is 5.91 Å². The largest absolute Gasteiger partial charge is 0.343 e. The minimum Gasteiger partial charge on any atom is -0.343 e. The first kappa shape index (κ1) is 15.2. The lowest BCUT2D eigenvalue weighted by Crippen LogP contribution is -2.41. The van der Waals surface area contributed by atoms with Crippen molar-refractivity contribution in [3.63, 3.8) is 0 Å². The van der Waals surface area contributed by atoms with Crippen LogP contribution in [-0.4, -0.2) is 5.91 Å². The second-order valence-corrected chi connectivity index (χ2v) is 5.49. The van der Waals surface area contributed by atoms with Gasteiger partial charge < -0.3 is 11.1 Å². The molecule has 3 N–H and O–H groups in total. The maximum Gasteiger partial charge on any atom is 0.251 e. The van der Waals surface area contributed by atoms with Crippen LogP contribution in [0.1, 0.15) is 35.3 Å². The number of carbonyl (C=O) groups excluding carboxylic acids is 1. The Kier molecular flexibility index (Phi) is 4.38. The van der Waals surface area contributed by atoms with E-state index < -0.39 is 5.54 Å². The molecule has 4 heteroatoms. The quantitative estimate of drug-likeness (QED) is 0.908. The maximum atomic E-state index is 13.0. The van der Waals surface area contributed by atoms with E-state index in [9.17, 15) is 9.18 Å². The Morgan fingerprint density at radius 3 is 2.19 bits per heavy atom. The number of amides is 1. The summed E-state index contributed by atoms with van der Waals surface area (Å²) >= 11 is 0. The van der Waals surface area contributed by atoms with Gasteiger partial charge in [-0.1, -0.05) is 24.3 Å². The number of benzene rings is 2. The van der Waals surface area contributed by atoms with Gasteiger partial charge in [0.25, 0.3) is 5.91 Å². The number of carbonyl (C=O) groups is 1. The lowest BCUT2D eigenvalue weighted by molar-refractivity contribution is 0.0912. The maximum absolute atomic E-state index is 13.0. The van der Waals surface area contributed by atoms with Crippen LogP contribution in [0.2, 0.25) is 0 Å². The van der Waals surface area contributed by atoms with Gasteiger partial charge >= 0.3 is 0 Å². The molecule has 0 atom stereocenters. The van der Waals surface area contributed by atoms with Crippen LogP contribution in [-0.2, 0) is 12.1 Å². The van der Waals surface area contributed by atoms with Gasteiger partial charge in [-0.2, -0.15) is 0 Å². The highest BCUT2D eigenvalue weighted by Gasteiger charge is 2.23. The molecule has 0 spiro atoms. The van der Waals surface area contributed by atoms with Gasteiger partial charge in [0.1, 0.15) is 5.82 Å². The molecule has 2 aromatic carbocycles. The third-order valence-electron chi connectivity index (χ3n) is 3.44. The summed E-state index contributed by atoms with van der Waals surface area (Å²) in [7, 11) is 0. The van der Waals surface area contributed by atoms with E-state index in [2.05, 4.69) is 5.32 Å². The van der Waals surface area contributed by atoms with Gasteiger partial charge in [-0.15, -0.1) is 0 Å². The van der Waals surface area contributed by atoms with Gasteiger partial charge in [-0.05, 0) is 49.2 Å². The molecule has 1 amide bonds. The average molecular weight is 286 g/mol. The van der Waals surface area contributed by atoms with E-state index in [0.717, 1.165) is 11.1 Å². The molecule has 0 heterocycles. The molecule has 0 aliphatic carbocycles. The monoisotopic (exact) mass is 286 g/mol. The predicted octanol–water partition coefficient (Wildman–Crippen LogP) is 2.95. The minimum atomic E-state index is -0.586. The topological polar surface area (TPSA) is 55.1 Å². The predicted molar refractivity (Wildman–Crippen MR) is 81.2 cm³/mol. The molecule has 0 saturated heterocycles. The third kappa shape index (κ3) is 3.67. The zero-order chi connectivity index (χ0) is 15.5. The number of halogens is 1. The summed E-state index contributed by atoms with van der Waals surface area (Å²) in [6.07, 6.45) is 0. The summed E-state index contributed by atoms with van der Waals surface area (Å²) in [5.41, 5.74) is 7.34. The highest BCUT2D eigenvalue weighted by Crippen LogP contribution is 2.21. The Morgan fingerprint density at radius 2 is 1.67 bits per heavy atom. The molecule has 2 rings (SSSR count). The molecular weight excluding hydrogens is 267 g/mol. The van der Waals surface area contributed by atoms with Crippen LogP contribution in [0.3, 0.4) is 0 Å². The van der Waals surface area contributed by atoms with Crippen molar-refractivity contribution in [3.8, 4) is 0 Å². The van der Waals surface area contributed by atoms with Gasteiger partial charge in [0, 0.05) is 12.1 Å². The van der Waals surface area contributed by atoms with Gasteiger partial charge in [-0.25, -0.2) is 4.39 Å². The fraction of sp³-hybridized carbons (Fsp3) is 0.235. The molecule has 2 aromatic rings. The van der Waals surface area contributed by atoms with Crippen LogP contribution >= 0.6 is 0 Å². The Labute approximate surface area is 124 Å². The highest BCUT2D eigenvalue weighted by molar-refractivity contribution is 5.94. The van der Waals surface area contributed by atoms with E-state index in [1.807, 2.05) is 26.0 Å². The molecule has 0 unspecified atom stereocenters. The molecule has 0 aliphatic heterocycles. The summed E-state index contributed by atoms with van der Waals surface area (Å²) in [5.74, 6) is -0.467. The molecule has 0 radical (unpaired) electrons. The van der Waals surface area contributed by atoms with E-state index in [0.29, 0.717) is 12.1 Å². The molecular formula is C17H19FN2O. The van der Waals surface area contributed by atoms with Crippen LogP contribution in [0.4, 0.5) is 4.39 Å².